The van der Waals surface area contributed by atoms with Crippen LogP contribution in [0.2, 0.25) is 0 Å². The molecular formula is C11H22O3. The molecule has 0 spiro atoms. The molecule has 0 saturated carbocycles. The van der Waals surface area contributed by atoms with Crippen molar-refractivity contribution in [3.05, 3.63) is 0 Å². The van der Waals surface area contributed by atoms with E-state index in [1.165, 1.54) is 0 Å². The van der Waals surface area contributed by atoms with Crippen molar-refractivity contribution in [3.8, 4) is 0 Å². The first-order chi connectivity index (χ1) is 6.45. The maximum absolute atomic E-state index is 11.1. The summed E-state index contributed by atoms with van der Waals surface area (Å²) in [4.78, 5) is 11.1. The lowest BCUT2D eigenvalue weighted by Crippen LogP contribution is -2.26. The van der Waals surface area contributed by atoms with Gasteiger partial charge in [0.15, 0.2) is 0 Å². The second kappa shape index (κ2) is 6.82. The van der Waals surface area contributed by atoms with Crippen molar-refractivity contribution in [1.82, 2.24) is 0 Å². The van der Waals surface area contributed by atoms with Crippen LogP contribution in [0.25, 0.3) is 0 Å². The molecule has 0 heterocycles. The Bertz CT molecular complexity index is 158. The van der Waals surface area contributed by atoms with Gasteiger partial charge in [-0.1, -0.05) is 19.8 Å². The zero-order valence-corrected chi connectivity index (χ0v) is 9.76. The van der Waals surface area contributed by atoms with Crippen LogP contribution >= 0.6 is 0 Å². The Labute approximate surface area is 86.8 Å². The number of ether oxygens (including phenoxy) is 2. The average Bonchev–Trinajstić information content (AvgIpc) is 2.00. The van der Waals surface area contributed by atoms with Crippen molar-refractivity contribution in [2.45, 2.75) is 52.6 Å². The van der Waals surface area contributed by atoms with Crippen LogP contribution in [0, 0.1) is 0 Å². The number of hydrogen-bond donors (Lipinski definition) is 0. The zero-order valence-electron chi connectivity index (χ0n) is 9.76. The van der Waals surface area contributed by atoms with Crippen molar-refractivity contribution < 1.29 is 14.3 Å². The van der Waals surface area contributed by atoms with E-state index in [4.69, 9.17) is 9.47 Å². The fraction of sp³-hybridized carbons (Fsp3) is 0.909. The number of hydrogen-bond acceptors (Lipinski definition) is 3. The molecular weight excluding hydrogens is 180 g/mol. The summed E-state index contributed by atoms with van der Waals surface area (Å²) in [6, 6.07) is 0. The molecule has 0 aromatic rings. The molecule has 0 rings (SSSR count). The normalized spacial score (nSPS) is 11.4. The molecule has 0 aromatic heterocycles. The summed E-state index contributed by atoms with van der Waals surface area (Å²) < 4.78 is 10.2. The molecule has 0 aliphatic heterocycles. The monoisotopic (exact) mass is 202 g/mol. The number of rotatable bonds is 6. The van der Waals surface area contributed by atoms with Gasteiger partial charge < -0.3 is 9.47 Å². The number of esters is 1. The van der Waals surface area contributed by atoms with Gasteiger partial charge in [0, 0.05) is 6.61 Å². The topological polar surface area (TPSA) is 35.5 Å². The van der Waals surface area contributed by atoms with E-state index in [-0.39, 0.29) is 12.6 Å². The molecule has 0 radical (unpaired) electrons. The third-order valence-electron chi connectivity index (χ3n) is 1.53. The van der Waals surface area contributed by atoms with E-state index in [1.54, 1.807) is 0 Å². The summed E-state index contributed by atoms with van der Waals surface area (Å²) >= 11 is 0. The van der Waals surface area contributed by atoms with Gasteiger partial charge in [-0.05, 0) is 27.2 Å². The SMILES string of the molecule is CCCCCOCC(=O)OC(C)(C)C. The third kappa shape index (κ3) is 9.52. The molecule has 0 atom stereocenters. The molecule has 0 N–H and O–H groups in total. The van der Waals surface area contributed by atoms with E-state index < -0.39 is 5.60 Å². The minimum absolute atomic E-state index is 0.0704. The lowest BCUT2D eigenvalue weighted by Gasteiger charge is -2.19. The Morgan fingerprint density at radius 1 is 1.21 bits per heavy atom. The van der Waals surface area contributed by atoms with Crippen LogP contribution in [0.4, 0.5) is 0 Å². The van der Waals surface area contributed by atoms with Gasteiger partial charge in [-0.15, -0.1) is 0 Å². The fourth-order valence-electron chi connectivity index (χ4n) is 0.981. The Kier molecular flexibility index (Phi) is 6.54. The Morgan fingerprint density at radius 2 is 1.86 bits per heavy atom. The van der Waals surface area contributed by atoms with Crippen molar-refractivity contribution in [1.29, 1.82) is 0 Å². The van der Waals surface area contributed by atoms with E-state index in [9.17, 15) is 4.79 Å². The van der Waals surface area contributed by atoms with Crippen molar-refractivity contribution in [3.63, 3.8) is 0 Å². The molecule has 0 aromatic carbocycles. The average molecular weight is 202 g/mol. The molecule has 0 bridgehead atoms. The van der Waals surface area contributed by atoms with Crippen molar-refractivity contribution in [2.24, 2.45) is 0 Å². The molecule has 14 heavy (non-hydrogen) atoms. The molecule has 0 fully saturated rings. The first-order valence-corrected chi connectivity index (χ1v) is 5.25. The van der Waals surface area contributed by atoms with E-state index in [0.717, 1.165) is 19.3 Å². The van der Waals surface area contributed by atoms with Gasteiger partial charge in [0.05, 0.1) is 0 Å². The highest BCUT2D eigenvalue weighted by Crippen LogP contribution is 2.06. The first-order valence-electron chi connectivity index (χ1n) is 5.25. The van der Waals surface area contributed by atoms with Gasteiger partial charge in [-0.2, -0.15) is 0 Å². The lowest BCUT2D eigenvalue weighted by molar-refractivity contribution is -0.160. The molecule has 3 heteroatoms. The highest BCUT2D eigenvalue weighted by Gasteiger charge is 2.15. The summed E-state index contributed by atoms with van der Waals surface area (Å²) in [5.74, 6) is -0.283. The summed E-state index contributed by atoms with van der Waals surface area (Å²) in [5, 5.41) is 0. The third-order valence-corrected chi connectivity index (χ3v) is 1.53. The van der Waals surface area contributed by atoms with E-state index >= 15 is 0 Å². The highest BCUT2D eigenvalue weighted by atomic mass is 16.6. The lowest BCUT2D eigenvalue weighted by atomic mass is 10.2. The van der Waals surface area contributed by atoms with Crippen LogP contribution in [0.15, 0.2) is 0 Å². The van der Waals surface area contributed by atoms with Crippen LogP contribution < -0.4 is 0 Å². The Hall–Kier alpha value is -0.570. The smallest absolute Gasteiger partial charge is 0.332 e. The van der Waals surface area contributed by atoms with E-state index in [0.29, 0.717) is 6.61 Å². The molecule has 0 amide bonds. The summed E-state index contributed by atoms with van der Waals surface area (Å²) in [7, 11) is 0. The van der Waals surface area contributed by atoms with Gasteiger partial charge in [0.1, 0.15) is 12.2 Å². The number of carbonyl (C=O) groups excluding carboxylic acids is 1. The molecule has 84 valence electrons. The van der Waals surface area contributed by atoms with Crippen LogP contribution in [-0.4, -0.2) is 24.8 Å². The Balaban J connectivity index is 3.36. The van der Waals surface area contributed by atoms with Gasteiger partial charge in [0.25, 0.3) is 0 Å². The van der Waals surface area contributed by atoms with Gasteiger partial charge in [0.2, 0.25) is 0 Å². The molecule has 0 aliphatic rings. The van der Waals surface area contributed by atoms with Crippen molar-refractivity contribution >= 4 is 5.97 Å². The first kappa shape index (κ1) is 13.4. The van der Waals surface area contributed by atoms with Crippen LogP contribution in [0.5, 0.6) is 0 Å². The molecule has 0 unspecified atom stereocenters. The summed E-state index contributed by atoms with van der Waals surface area (Å²) in [5.41, 5.74) is -0.413. The predicted octanol–water partition coefficient (Wildman–Crippen LogP) is 2.53. The number of carbonyl (C=O) groups is 1. The van der Waals surface area contributed by atoms with Crippen LogP contribution in [0.1, 0.15) is 47.0 Å². The minimum Gasteiger partial charge on any atom is -0.458 e. The van der Waals surface area contributed by atoms with Crippen LogP contribution in [-0.2, 0) is 14.3 Å². The molecule has 3 nitrogen and oxygen atoms in total. The van der Waals surface area contributed by atoms with E-state index in [1.807, 2.05) is 20.8 Å². The second-order valence-corrected chi connectivity index (χ2v) is 4.35. The number of unbranched alkanes of at least 4 members (excludes halogenated alkanes) is 2. The quantitative estimate of drug-likeness (QED) is 0.490. The largest absolute Gasteiger partial charge is 0.458 e. The van der Waals surface area contributed by atoms with Crippen LogP contribution in [0.3, 0.4) is 0 Å². The van der Waals surface area contributed by atoms with Gasteiger partial charge in [-0.3, -0.25) is 0 Å². The molecule has 0 aliphatic carbocycles. The maximum atomic E-state index is 11.1. The van der Waals surface area contributed by atoms with Crippen molar-refractivity contribution in [2.75, 3.05) is 13.2 Å². The standard InChI is InChI=1S/C11H22O3/c1-5-6-7-8-13-9-10(12)14-11(2,3)4/h5-9H2,1-4H3. The zero-order chi connectivity index (χ0) is 11.0. The summed E-state index contributed by atoms with van der Waals surface area (Å²) in [6.45, 7) is 8.40. The predicted molar refractivity (Wildman–Crippen MR) is 56.2 cm³/mol. The highest BCUT2D eigenvalue weighted by molar-refractivity contribution is 5.71. The maximum Gasteiger partial charge on any atom is 0.332 e. The van der Waals surface area contributed by atoms with Gasteiger partial charge in [-0.25, -0.2) is 4.79 Å². The Morgan fingerprint density at radius 3 is 2.36 bits per heavy atom. The summed E-state index contributed by atoms with van der Waals surface area (Å²) in [6.07, 6.45) is 3.32. The van der Waals surface area contributed by atoms with Gasteiger partial charge >= 0.3 is 5.97 Å². The second-order valence-electron chi connectivity index (χ2n) is 4.35. The minimum atomic E-state index is -0.413. The van der Waals surface area contributed by atoms with E-state index in [2.05, 4.69) is 6.92 Å². The fourth-order valence-corrected chi connectivity index (χ4v) is 0.981. The molecule has 0 saturated heterocycles.